The van der Waals surface area contributed by atoms with Gasteiger partial charge in [-0.3, -0.25) is 10.6 Å². The predicted octanol–water partition coefficient (Wildman–Crippen LogP) is 3.21. The average Bonchev–Trinajstić information content (AvgIpc) is 2.29. The van der Waals surface area contributed by atoms with Crippen LogP contribution in [0, 0.1) is 0 Å². The monoisotopic (exact) mass is 266 g/mol. The Morgan fingerprint density at radius 3 is 1.74 bits per heavy atom. The molecule has 0 heterocycles. The van der Waals surface area contributed by atoms with Gasteiger partial charge in [0.2, 0.25) is 0 Å². The van der Waals surface area contributed by atoms with Crippen LogP contribution in [0.2, 0.25) is 0 Å². The van der Waals surface area contributed by atoms with Crippen LogP contribution < -0.4 is 10.6 Å². The molecule has 0 bridgehead atoms. The maximum atomic E-state index is 11.5. The second-order valence-corrected chi connectivity index (χ2v) is 4.82. The lowest BCUT2D eigenvalue weighted by molar-refractivity contribution is 0.0636. The van der Waals surface area contributed by atoms with Gasteiger partial charge in [0.15, 0.2) is 0 Å². The van der Waals surface area contributed by atoms with Crippen LogP contribution in [0.1, 0.15) is 20.8 Å². The van der Waals surface area contributed by atoms with Gasteiger partial charge in [0, 0.05) is 11.4 Å². The highest BCUT2D eigenvalue weighted by atomic mass is 16.6. The molecule has 0 spiro atoms. The zero-order valence-electron chi connectivity index (χ0n) is 11.4. The molecule has 1 rings (SSSR count). The van der Waals surface area contributed by atoms with Crippen molar-refractivity contribution in [1.29, 1.82) is 0 Å². The van der Waals surface area contributed by atoms with Gasteiger partial charge in [-0.1, -0.05) is 0 Å². The minimum absolute atomic E-state index is 0.527. The molecule has 1 aromatic rings. The summed E-state index contributed by atoms with van der Waals surface area (Å²) in [5.74, 6) is 0. The SMILES string of the molecule is COC(=O)Nc1ccc(NC(=O)OC(C)(C)C)cc1. The van der Waals surface area contributed by atoms with Crippen molar-refractivity contribution in [2.45, 2.75) is 26.4 Å². The quantitative estimate of drug-likeness (QED) is 0.861. The van der Waals surface area contributed by atoms with Gasteiger partial charge < -0.3 is 9.47 Å². The number of hydrogen-bond acceptors (Lipinski definition) is 4. The van der Waals surface area contributed by atoms with E-state index < -0.39 is 17.8 Å². The molecule has 0 aromatic heterocycles. The number of carbonyl (C=O) groups is 2. The largest absolute Gasteiger partial charge is 0.453 e. The standard InChI is InChI=1S/C13H18N2O4/c1-13(2,3)19-12(17)15-10-7-5-9(6-8-10)14-11(16)18-4/h5-8H,1-4H3,(H,14,16)(H,15,17). The molecule has 0 unspecified atom stereocenters. The Bertz CT molecular complexity index is 449. The van der Waals surface area contributed by atoms with Gasteiger partial charge in [0.1, 0.15) is 5.60 Å². The zero-order chi connectivity index (χ0) is 14.5. The number of anilines is 2. The normalized spacial score (nSPS) is 10.5. The number of methoxy groups -OCH3 is 1. The van der Waals surface area contributed by atoms with Crippen LogP contribution in [0.5, 0.6) is 0 Å². The molecular formula is C13H18N2O4. The summed E-state index contributed by atoms with van der Waals surface area (Å²) in [5.41, 5.74) is 0.600. The lowest BCUT2D eigenvalue weighted by Gasteiger charge is -2.19. The molecule has 104 valence electrons. The fourth-order valence-corrected chi connectivity index (χ4v) is 1.23. The molecule has 2 N–H and O–H groups in total. The topological polar surface area (TPSA) is 76.7 Å². The summed E-state index contributed by atoms with van der Waals surface area (Å²) >= 11 is 0. The maximum Gasteiger partial charge on any atom is 0.412 e. The molecule has 0 aliphatic rings. The van der Waals surface area contributed by atoms with E-state index in [1.807, 2.05) is 0 Å². The van der Waals surface area contributed by atoms with E-state index in [2.05, 4.69) is 15.4 Å². The third-order valence-electron chi connectivity index (χ3n) is 1.96. The van der Waals surface area contributed by atoms with Crippen LogP contribution in [-0.2, 0) is 9.47 Å². The Hall–Kier alpha value is -2.24. The fourth-order valence-electron chi connectivity index (χ4n) is 1.23. The van der Waals surface area contributed by atoms with Crippen LogP contribution in [0.15, 0.2) is 24.3 Å². The highest BCUT2D eigenvalue weighted by molar-refractivity contribution is 5.87. The van der Waals surface area contributed by atoms with Crippen LogP contribution in [0.4, 0.5) is 21.0 Å². The van der Waals surface area contributed by atoms with Crippen molar-refractivity contribution < 1.29 is 19.1 Å². The molecule has 1 aromatic carbocycles. The van der Waals surface area contributed by atoms with Gasteiger partial charge in [0.05, 0.1) is 7.11 Å². The summed E-state index contributed by atoms with van der Waals surface area (Å²) < 4.78 is 9.58. The minimum atomic E-state index is -0.548. The van der Waals surface area contributed by atoms with Gasteiger partial charge in [0.25, 0.3) is 0 Å². The molecule has 0 saturated carbocycles. The first-order valence-electron chi connectivity index (χ1n) is 5.75. The minimum Gasteiger partial charge on any atom is -0.453 e. The first-order valence-corrected chi connectivity index (χ1v) is 5.75. The highest BCUT2D eigenvalue weighted by Gasteiger charge is 2.16. The summed E-state index contributed by atoms with van der Waals surface area (Å²) in [6.07, 6.45) is -1.07. The predicted molar refractivity (Wildman–Crippen MR) is 72.3 cm³/mol. The number of benzene rings is 1. The molecule has 2 amide bonds. The summed E-state index contributed by atoms with van der Waals surface area (Å²) in [6.45, 7) is 5.36. The number of rotatable bonds is 2. The summed E-state index contributed by atoms with van der Waals surface area (Å²) in [4.78, 5) is 22.5. The van der Waals surface area contributed by atoms with E-state index in [9.17, 15) is 9.59 Å². The lowest BCUT2D eigenvalue weighted by Crippen LogP contribution is -2.27. The van der Waals surface area contributed by atoms with Gasteiger partial charge >= 0.3 is 12.2 Å². The molecule has 6 nitrogen and oxygen atoms in total. The second-order valence-electron chi connectivity index (χ2n) is 4.82. The van der Waals surface area contributed by atoms with Crippen molar-refractivity contribution in [3.8, 4) is 0 Å². The van der Waals surface area contributed by atoms with Crippen molar-refractivity contribution in [3.63, 3.8) is 0 Å². The van der Waals surface area contributed by atoms with Crippen LogP contribution in [-0.4, -0.2) is 24.9 Å². The zero-order valence-corrected chi connectivity index (χ0v) is 11.4. The van der Waals surface area contributed by atoms with E-state index >= 15 is 0 Å². The number of amides is 2. The molecule has 0 atom stereocenters. The van der Waals surface area contributed by atoms with Crippen molar-refractivity contribution in [3.05, 3.63) is 24.3 Å². The second kappa shape index (κ2) is 6.08. The summed E-state index contributed by atoms with van der Waals surface area (Å²) in [7, 11) is 1.29. The highest BCUT2D eigenvalue weighted by Crippen LogP contribution is 2.15. The van der Waals surface area contributed by atoms with Gasteiger partial charge in [-0.05, 0) is 45.0 Å². The Balaban J connectivity index is 2.57. The van der Waals surface area contributed by atoms with E-state index in [1.165, 1.54) is 7.11 Å². The third-order valence-corrected chi connectivity index (χ3v) is 1.96. The Morgan fingerprint density at radius 1 is 0.947 bits per heavy atom. The molecule has 0 radical (unpaired) electrons. The third kappa shape index (κ3) is 5.76. The van der Waals surface area contributed by atoms with Crippen LogP contribution >= 0.6 is 0 Å². The lowest BCUT2D eigenvalue weighted by atomic mass is 10.2. The Morgan fingerprint density at radius 2 is 1.37 bits per heavy atom. The fraction of sp³-hybridized carbons (Fsp3) is 0.385. The number of nitrogens with one attached hydrogen (secondary N) is 2. The van der Waals surface area contributed by atoms with E-state index in [0.29, 0.717) is 11.4 Å². The molecule has 0 aliphatic heterocycles. The molecule has 0 fully saturated rings. The Labute approximate surface area is 112 Å². The smallest absolute Gasteiger partial charge is 0.412 e. The van der Waals surface area contributed by atoms with Crippen LogP contribution in [0.3, 0.4) is 0 Å². The average molecular weight is 266 g/mol. The first-order chi connectivity index (χ1) is 8.80. The molecule has 6 heteroatoms. The maximum absolute atomic E-state index is 11.5. The van der Waals surface area contributed by atoms with Crippen molar-refractivity contribution in [1.82, 2.24) is 0 Å². The van der Waals surface area contributed by atoms with E-state index in [0.717, 1.165) is 0 Å². The number of hydrogen-bond donors (Lipinski definition) is 2. The van der Waals surface area contributed by atoms with E-state index in [4.69, 9.17) is 4.74 Å². The number of carbonyl (C=O) groups excluding carboxylic acids is 2. The molecule has 0 aliphatic carbocycles. The summed E-state index contributed by atoms with van der Waals surface area (Å²) in [5, 5.41) is 5.09. The summed E-state index contributed by atoms with van der Waals surface area (Å²) in [6, 6.07) is 6.58. The first kappa shape index (κ1) is 14.8. The van der Waals surface area contributed by atoms with Gasteiger partial charge in [-0.25, -0.2) is 9.59 Å². The van der Waals surface area contributed by atoms with E-state index in [-0.39, 0.29) is 0 Å². The molecule has 0 saturated heterocycles. The molecular weight excluding hydrogens is 248 g/mol. The van der Waals surface area contributed by atoms with Crippen molar-refractivity contribution in [2.75, 3.05) is 17.7 Å². The van der Waals surface area contributed by atoms with Crippen molar-refractivity contribution in [2.24, 2.45) is 0 Å². The van der Waals surface area contributed by atoms with Crippen molar-refractivity contribution >= 4 is 23.6 Å². The molecule has 19 heavy (non-hydrogen) atoms. The number of ether oxygens (including phenoxy) is 2. The van der Waals surface area contributed by atoms with Gasteiger partial charge in [-0.15, -0.1) is 0 Å². The van der Waals surface area contributed by atoms with Crippen LogP contribution in [0.25, 0.3) is 0 Å². The van der Waals surface area contributed by atoms with Gasteiger partial charge in [-0.2, -0.15) is 0 Å². The Kier molecular flexibility index (Phi) is 4.74. The van der Waals surface area contributed by atoms with E-state index in [1.54, 1.807) is 45.0 Å².